The number of nitrogens with one attached hydrogen (secondary N) is 1. The van der Waals surface area contributed by atoms with Crippen LogP contribution in [0.1, 0.15) is 24.0 Å². The first-order valence-corrected chi connectivity index (χ1v) is 11.3. The molecule has 0 bridgehead atoms. The molecule has 0 atom stereocenters. The van der Waals surface area contributed by atoms with Gasteiger partial charge in [-0.2, -0.15) is 0 Å². The molecule has 0 unspecified atom stereocenters. The van der Waals surface area contributed by atoms with Crippen LogP contribution in [-0.2, 0) is 17.9 Å². The van der Waals surface area contributed by atoms with Crippen LogP contribution in [0.4, 0.5) is 5.69 Å². The summed E-state index contributed by atoms with van der Waals surface area (Å²) in [5.74, 6) is 1.13. The highest BCUT2D eigenvalue weighted by atomic mass is 127. The fourth-order valence-corrected chi connectivity index (χ4v) is 4.56. The van der Waals surface area contributed by atoms with Gasteiger partial charge < -0.3 is 20.0 Å². The fraction of sp³-hybridized carbons (Fsp3) is 0.417. The minimum absolute atomic E-state index is 0. The number of amides is 1. The normalized spacial score (nSPS) is 15.9. The maximum absolute atomic E-state index is 12.6. The summed E-state index contributed by atoms with van der Waals surface area (Å²) < 4.78 is 0. The highest BCUT2D eigenvalue weighted by molar-refractivity contribution is 14.0. The number of aliphatic imine (C=N–C) groups is 1. The van der Waals surface area contributed by atoms with Gasteiger partial charge >= 0.3 is 0 Å². The van der Waals surface area contributed by atoms with Gasteiger partial charge in [-0.25, -0.2) is 0 Å². The van der Waals surface area contributed by atoms with Gasteiger partial charge in [0.25, 0.3) is 0 Å². The monoisotopic (exact) mass is 567 g/mol. The summed E-state index contributed by atoms with van der Waals surface area (Å²) in [5, 5.41) is 4.22. The average Bonchev–Trinajstić information content (AvgIpc) is 3.24. The molecule has 1 N–H and O–H groups in total. The van der Waals surface area contributed by atoms with E-state index < -0.39 is 0 Å². The quantitative estimate of drug-likeness (QED) is 0.257. The first kappa shape index (κ1) is 24.6. The Balaban J connectivity index is 0.00000289. The van der Waals surface area contributed by atoms with Crippen LogP contribution in [0.25, 0.3) is 0 Å². The third-order valence-corrected chi connectivity index (χ3v) is 6.35. The number of fused-ring (bicyclic) bond motifs is 1. The van der Waals surface area contributed by atoms with Gasteiger partial charge in [-0.15, -0.1) is 24.0 Å². The lowest BCUT2D eigenvalue weighted by Crippen LogP contribution is -2.52. The molecule has 0 aliphatic carbocycles. The molecule has 2 aromatic carbocycles. The second-order valence-electron chi connectivity index (χ2n) is 8.02. The second kappa shape index (κ2) is 11.7. The Morgan fingerprint density at radius 1 is 0.969 bits per heavy atom. The third-order valence-electron chi connectivity index (χ3n) is 6.03. The number of nitrogens with zero attached hydrogens (tertiary/aromatic N) is 4. The molecule has 1 amide bonds. The number of hydrogen-bond acceptors (Lipinski definition) is 3. The van der Waals surface area contributed by atoms with Gasteiger partial charge in [0.05, 0.1) is 10.7 Å². The van der Waals surface area contributed by atoms with Crippen LogP contribution < -0.4 is 10.2 Å². The van der Waals surface area contributed by atoms with Crippen molar-refractivity contribution < 1.29 is 4.79 Å². The number of rotatable bonds is 5. The smallest absolute Gasteiger partial charge is 0.223 e. The number of guanidine groups is 1. The predicted octanol–water partition coefficient (Wildman–Crippen LogP) is 3.98. The van der Waals surface area contributed by atoms with Crippen molar-refractivity contribution >= 4 is 53.1 Å². The Bertz CT molecular complexity index is 920. The van der Waals surface area contributed by atoms with Gasteiger partial charge in [-0.1, -0.05) is 48.0 Å². The Hall–Kier alpha value is -2.00. The summed E-state index contributed by atoms with van der Waals surface area (Å²) in [7, 11) is 1.81. The molecule has 1 fully saturated rings. The maximum Gasteiger partial charge on any atom is 0.223 e. The third kappa shape index (κ3) is 5.86. The fourth-order valence-electron chi connectivity index (χ4n) is 4.31. The van der Waals surface area contributed by atoms with Crippen molar-refractivity contribution in [3.05, 3.63) is 64.7 Å². The first-order chi connectivity index (χ1) is 15.2. The Morgan fingerprint density at radius 2 is 1.59 bits per heavy atom. The molecule has 0 spiro atoms. The number of hydrogen-bond donors (Lipinski definition) is 1. The number of piperazine rings is 1. The minimum Gasteiger partial charge on any atom is -0.367 e. The molecular weight excluding hydrogens is 537 g/mol. The molecule has 6 nitrogen and oxygen atoms in total. The predicted molar refractivity (Wildman–Crippen MR) is 142 cm³/mol. The van der Waals surface area contributed by atoms with Crippen molar-refractivity contribution in [3.8, 4) is 0 Å². The zero-order valence-electron chi connectivity index (χ0n) is 18.5. The van der Waals surface area contributed by atoms with E-state index in [9.17, 15) is 4.79 Å². The van der Waals surface area contributed by atoms with Gasteiger partial charge in [0.2, 0.25) is 5.91 Å². The maximum atomic E-state index is 12.6. The highest BCUT2D eigenvalue weighted by Crippen LogP contribution is 2.26. The molecule has 2 heterocycles. The summed E-state index contributed by atoms with van der Waals surface area (Å²) in [6.45, 7) is 5.78. The Kier molecular flexibility index (Phi) is 9.04. The van der Waals surface area contributed by atoms with E-state index >= 15 is 0 Å². The van der Waals surface area contributed by atoms with Gasteiger partial charge in [0.1, 0.15) is 0 Å². The second-order valence-corrected chi connectivity index (χ2v) is 8.43. The lowest BCUT2D eigenvalue weighted by Gasteiger charge is -2.38. The summed E-state index contributed by atoms with van der Waals surface area (Å²) >= 11 is 6.34. The van der Waals surface area contributed by atoms with Crippen LogP contribution >= 0.6 is 35.6 Å². The van der Waals surface area contributed by atoms with E-state index in [0.717, 1.165) is 68.9 Å². The van der Waals surface area contributed by atoms with E-state index in [1.54, 1.807) is 0 Å². The molecule has 8 heteroatoms. The molecule has 2 aliphatic heterocycles. The van der Waals surface area contributed by atoms with Gasteiger partial charge in [0, 0.05) is 59.3 Å². The standard InChI is InChI=1S/C24H30ClN5O.HI/c1-26-24(29-15-13-28(14-16-29)22-10-5-4-9-21(22)25)27-12-6-11-23(31)30-17-19-7-2-3-8-20(19)18-30;/h2-5,7-10H,6,11-18H2,1H3,(H,26,27);1H. The van der Waals surface area contributed by atoms with Crippen LogP contribution in [0.15, 0.2) is 53.5 Å². The van der Waals surface area contributed by atoms with E-state index in [1.165, 1.54) is 11.1 Å². The topological polar surface area (TPSA) is 51.2 Å². The highest BCUT2D eigenvalue weighted by Gasteiger charge is 2.23. The van der Waals surface area contributed by atoms with E-state index in [0.29, 0.717) is 6.42 Å². The Morgan fingerprint density at radius 3 is 2.22 bits per heavy atom. The van der Waals surface area contributed by atoms with Crippen molar-refractivity contribution in [2.45, 2.75) is 25.9 Å². The van der Waals surface area contributed by atoms with Crippen molar-refractivity contribution in [1.82, 2.24) is 15.1 Å². The molecule has 0 radical (unpaired) electrons. The molecule has 4 rings (SSSR count). The van der Waals surface area contributed by atoms with Crippen LogP contribution in [0.2, 0.25) is 5.02 Å². The molecule has 2 aromatic rings. The lowest BCUT2D eigenvalue weighted by atomic mass is 10.1. The summed E-state index contributed by atoms with van der Waals surface area (Å²) in [4.78, 5) is 23.5. The molecule has 0 saturated carbocycles. The molecule has 32 heavy (non-hydrogen) atoms. The number of halogens is 2. The first-order valence-electron chi connectivity index (χ1n) is 11.0. The van der Waals surface area contributed by atoms with E-state index in [1.807, 2.05) is 42.3 Å². The largest absolute Gasteiger partial charge is 0.367 e. The summed E-state index contributed by atoms with van der Waals surface area (Å²) in [6.07, 6.45) is 1.35. The van der Waals surface area contributed by atoms with Crippen molar-refractivity contribution in [1.29, 1.82) is 0 Å². The number of benzene rings is 2. The SMILES string of the molecule is CN=C(NCCCC(=O)N1Cc2ccccc2C1)N1CCN(c2ccccc2Cl)CC1.I. The van der Waals surface area contributed by atoms with E-state index in [2.05, 4.69) is 38.3 Å². The van der Waals surface area contributed by atoms with Gasteiger partial charge in [0.15, 0.2) is 5.96 Å². The van der Waals surface area contributed by atoms with Crippen LogP contribution in [0.3, 0.4) is 0 Å². The minimum atomic E-state index is 0. The van der Waals surface area contributed by atoms with Crippen molar-refractivity contribution in [2.75, 3.05) is 44.7 Å². The van der Waals surface area contributed by atoms with Crippen LogP contribution in [0, 0.1) is 0 Å². The molecule has 172 valence electrons. The van der Waals surface area contributed by atoms with E-state index in [4.69, 9.17) is 11.6 Å². The average molecular weight is 568 g/mol. The molecule has 0 aromatic heterocycles. The lowest BCUT2D eigenvalue weighted by molar-refractivity contribution is -0.131. The van der Waals surface area contributed by atoms with Crippen molar-refractivity contribution in [3.63, 3.8) is 0 Å². The Labute approximate surface area is 212 Å². The zero-order valence-corrected chi connectivity index (χ0v) is 21.6. The molecule has 1 saturated heterocycles. The van der Waals surface area contributed by atoms with Crippen LogP contribution in [-0.4, -0.2) is 61.4 Å². The van der Waals surface area contributed by atoms with E-state index in [-0.39, 0.29) is 29.9 Å². The molecular formula is C24H31ClIN5O. The summed E-state index contributed by atoms with van der Waals surface area (Å²) in [6, 6.07) is 16.3. The number of carbonyl (C=O) groups excluding carboxylic acids is 1. The van der Waals surface area contributed by atoms with Gasteiger partial charge in [-0.3, -0.25) is 9.79 Å². The van der Waals surface area contributed by atoms with Gasteiger partial charge in [-0.05, 0) is 29.7 Å². The zero-order chi connectivity index (χ0) is 21.6. The number of para-hydroxylation sites is 1. The number of anilines is 1. The summed E-state index contributed by atoms with van der Waals surface area (Å²) in [5.41, 5.74) is 3.63. The number of carbonyl (C=O) groups is 1. The molecule has 2 aliphatic rings. The van der Waals surface area contributed by atoms with Crippen molar-refractivity contribution in [2.24, 2.45) is 4.99 Å². The van der Waals surface area contributed by atoms with Crippen LogP contribution in [0.5, 0.6) is 0 Å².